The van der Waals surface area contributed by atoms with Crippen LogP contribution in [0.2, 0.25) is 0 Å². The van der Waals surface area contributed by atoms with Crippen molar-refractivity contribution in [2.75, 3.05) is 19.5 Å². The van der Waals surface area contributed by atoms with Gasteiger partial charge in [0.15, 0.2) is 11.5 Å². The zero-order valence-electron chi connectivity index (χ0n) is 11.8. The molecule has 0 spiro atoms. The van der Waals surface area contributed by atoms with E-state index in [0.29, 0.717) is 12.5 Å². The van der Waals surface area contributed by atoms with Crippen LogP contribution in [0.25, 0.3) is 0 Å². The number of hydrogen-bond donors (Lipinski definition) is 0. The number of fused-ring (bicyclic) bond motifs is 1. The first-order valence-electron chi connectivity index (χ1n) is 6.90. The summed E-state index contributed by atoms with van der Waals surface area (Å²) in [5, 5.41) is 0.759. The summed E-state index contributed by atoms with van der Waals surface area (Å²) in [5.41, 5.74) is 2.52. The molecule has 2 aromatic rings. The summed E-state index contributed by atoms with van der Waals surface area (Å²) in [4.78, 5) is 1.38. The van der Waals surface area contributed by atoms with Crippen LogP contribution in [0.5, 0.6) is 11.5 Å². The number of alkyl halides is 1. The summed E-state index contributed by atoms with van der Waals surface area (Å²) in [7, 11) is 1.68. The van der Waals surface area contributed by atoms with Crippen molar-refractivity contribution in [3.8, 4) is 11.5 Å². The summed E-state index contributed by atoms with van der Waals surface area (Å²) in [6, 6.07) is 14.6. The Hall–Kier alpha value is -1.13. The average molecular weight is 365 g/mol. The van der Waals surface area contributed by atoms with E-state index in [4.69, 9.17) is 9.47 Å². The van der Waals surface area contributed by atoms with Gasteiger partial charge in [-0.05, 0) is 17.7 Å². The van der Waals surface area contributed by atoms with Gasteiger partial charge in [0.25, 0.3) is 0 Å². The molecule has 1 heterocycles. The van der Waals surface area contributed by atoms with Crippen LogP contribution in [0.3, 0.4) is 0 Å². The predicted molar refractivity (Wildman–Crippen MR) is 91.0 cm³/mol. The third kappa shape index (κ3) is 3.06. The van der Waals surface area contributed by atoms with Crippen LogP contribution >= 0.6 is 27.7 Å². The molecule has 1 unspecified atom stereocenters. The molecule has 0 aliphatic carbocycles. The van der Waals surface area contributed by atoms with Gasteiger partial charge in [-0.1, -0.05) is 46.3 Å². The van der Waals surface area contributed by atoms with Crippen LogP contribution < -0.4 is 9.47 Å². The Kier molecular flexibility index (Phi) is 4.76. The van der Waals surface area contributed by atoms with Gasteiger partial charge in [0.05, 0.1) is 13.7 Å². The van der Waals surface area contributed by atoms with Crippen LogP contribution in [0.1, 0.15) is 17.0 Å². The van der Waals surface area contributed by atoms with Crippen LogP contribution in [-0.4, -0.2) is 19.5 Å². The number of halogens is 1. The minimum Gasteiger partial charge on any atom is -0.493 e. The second-order valence-electron chi connectivity index (χ2n) is 4.94. The molecule has 2 aromatic carbocycles. The fourth-order valence-electron chi connectivity index (χ4n) is 2.54. The number of ether oxygens (including phenoxy) is 2. The Morgan fingerprint density at radius 1 is 1.19 bits per heavy atom. The van der Waals surface area contributed by atoms with Gasteiger partial charge in [-0.25, -0.2) is 0 Å². The lowest BCUT2D eigenvalue weighted by molar-refractivity contribution is 0.277. The van der Waals surface area contributed by atoms with Crippen molar-refractivity contribution in [1.29, 1.82) is 0 Å². The largest absolute Gasteiger partial charge is 0.493 e. The first kappa shape index (κ1) is 14.8. The second kappa shape index (κ2) is 6.75. The van der Waals surface area contributed by atoms with E-state index >= 15 is 0 Å². The molecule has 3 rings (SSSR count). The summed E-state index contributed by atoms with van der Waals surface area (Å²) in [6.45, 7) is 0.685. The summed E-state index contributed by atoms with van der Waals surface area (Å²) in [5.74, 6) is 3.18. The Morgan fingerprint density at radius 3 is 2.86 bits per heavy atom. The fraction of sp³-hybridized carbons (Fsp3) is 0.294. The maximum absolute atomic E-state index is 6.12. The Labute approximate surface area is 138 Å². The molecular formula is C17H17BrO2S. The molecule has 1 aliphatic heterocycles. The van der Waals surface area contributed by atoms with Gasteiger partial charge in [0.2, 0.25) is 0 Å². The molecule has 0 N–H and O–H groups in total. The van der Waals surface area contributed by atoms with Gasteiger partial charge in [-0.3, -0.25) is 0 Å². The summed E-state index contributed by atoms with van der Waals surface area (Å²) in [6.07, 6.45) is 0. The average Bonchev–Trinajstić information content (AvgIpc) is 2.95. The van der Waals surface area contributed by atoms with Gasteiger partial charge in [0.1, 0.15) is 0 Å². The Morgan fingerprint density at radius 2 is 2.05 bits per heavy atom. The molecular weight excluding hydrogens is 348 g/mol. The number of rotatable bonds is 5. The maximum atomic E-state index is 6.12. The van der Waals surface area contributed by atoms with Crippen molar-refractivity contribution >= 4 is 27.7 Å². The van der Waals surface area contributed by atoms with E-state index in [1.807, 2.05) is 23.9 Å². The van der Waals surface area contributed by atoms with Crippen LogP contribution in [0.4, 0.5) is 0 Å². The SMILES string of the molecule is COc1cccc(CBr)c1OCC1CSc2ccccc21. The third-order valence-electron chi connectivity index (χ3n) is 3.65. The first-order chi connectivity index (χ1) is 10.3. The standard InChI is InChI=1S/C17H17BrO2S/c1-19-15-7-4-5-12(9-18)17(15)20-10-13-11-21-16-8-3-2-6-14(13)16/h2-8,13H,9-11H2,1H3. The molecule has 0 fully saturated rings. The van der Waals surface area contributed by atoms with Crippen molar-refractivity contribution in [3.63, 3.8) is 0 Å². The van der Waals surface area contributed by atoms with Crippen molar-refractivity contribution in [2.45, 2.75) is 16.1 Å². The van der Waals surface area contributed by atoms with Crippen LogP contribution in [0, 0.1) is 0 Å². The van der Waals surface area contributed by atoms with Crippen molar-refractivity contribution < 1.29 is 9.47 Å². The molecule has 2 nitrogen and oxygen atoms in total. The minimum absolute atomic E-state index is 0.444. The van der Waals surface area contributed by atoms with Gasteiger partial charge >= 0.3 is 0 Å². The van der Waals surface area contributed by atoms with Crippen molar-refractivity contribution in [3.05, 3.63) is 53.6 Å². The van der Waals surface area contributed by atoms with Gasteiger partial charge in [-0.2, -0.15) is 0 Å². The highest BCUT2D eigenvalue weighted by atomic mass is 79.9. The molecule has 0 saturated heterocycles. The minimum atomic E-state index is 0.444. The lowest BCUT2D eigenvalue weighted by Crippen LogP contribution is -2.11. The van der Waals surface area contributed by atoms with Gasteiger partial charge < -0.3 is 9.47 Å². The lowest BCUT2D eigenvalue weighted by Gasteiger charge is -2.17. The monoisotopic (exact) mass is 364 g/mol. The Balaban J connectivity index is 1.77. The molecule has 0 radical (unpaired) electrons. The first-order valence-corrected chi connectivity index (χ1v) is 9.00. The number of methoxy groups -OCH3 is 1. The molecule has 21 heavy (non-hydrogen) atoms. The van der Waals surface area contributed by atoms with E-state index in [-0.39, 0.29) is 0 Å². The second-order valence-corrected chi connectivity index (χ2v) is 6.56. The third-order valence-corrected chi connectivity index (χ3v) is 5.51. The number of hydrogen-bond acceptors (Lipinski definition) is 3. The molecule has 0 bridgehead atoms. The molecule has 0 aromatic heterocycles. The zero-order valence-corrected chi connectivity index (χ0v) is 14.2. The van der Waals surface area contributed by atoms with Gasteiger partial charge in [0, 0.05) is 27.5 Å². The van der Waals surface area contributed by atoms with Crippen LogP contribution in [0.15, 0.2) is 47.4 Å². The highest BCUT2D eigenvalue weighted by Gasteiger charge is 2.24. The fourth-order valence-corrected chi connectivity index (χ4v) is 4.22. The maximum Gasteiger partial charge on any atom is 0.165 e. The topological polar surface area (TPSA) is 18.5 Å². The molecule has 110 valence electrons. The zero-order chi connectivity index (χ0) is 14.7. The molecule has 1 aliphatic rings. The predicted octanol–water partition coefficient (Wildman–Crippen LogP) is 4.86. The highest BCUT2D eigenvalue weighted by molar-refractivity contribution is 9.08. The van der Waals surface area contributed by atoms with E-state index in [2.05, 4.69) is 46.3 Å². The smallest absolute Gasteiger partial charge is 0.165 e. The molecule has 4 heteroatoms. The quantitative estimate of drug-likeness (QED) is 0.705. The normalized spacial score (nSPS) is 16.6. The molecule has 0 saturated carbocycles. The van der Waals surface area contributed by atoms with Gasteiger partial charge in [-0.15, -0.1) is 11.8 Å². The summed E-state index contributed by atoms with van der Waals surface area (Å²) < 4.78 is 11.5. The van der Waals surface area contributed by atoms with E-state index in [0.717, 1.165) is 28.1 Å². The number of para-hydroxylation sites is 1. The highest BCUT2D eigenvalue weighted by Crippen LogP contribution is 2.40. The Bertz CT molecular complexity index is 608. The van der Waals surface area contributed by atoms with E-state index in [1.54, 1.807) is 7.11 Å². The number of thioether (sulfide) groups is 1. The number of benzene rings is 2. The summed E-state index contributed by atoms with van der Waals surface area (Å²) >= 11 is 5.42. The van der Waals surface area contributed by atoms with E-state index in [1.165, 1.54) is 10.5 Å². The van der Waals surface area contributed by atoms with E-state index < -0.39 is 0 Å². The van der Waals surface area contributed by atoms with Crippen molar-refractivity contribution in [2.24, 2.45) is 0 Å². The van der Waals surface area contributed by atoms with Crippen molar-refractivity contribution in [1.82, 2.24) is 0 Å². The van der Waals surface area contributed by atoms with E-state index in [9.17, 15) is 0 Å². The lowest BCUT2D eigenvalue weighted by atomic mass is 10.0. The molecule has 1 atom stereocenters. The van der Waals surface area contributed by atoms with Crippen LogP contribution in [-0.2, 0) is 5.33 Å². The molecule has 0 amide bonds.